The molecule has 0 aromatic rings. The molecule has 2 nitrogen and oxygen atoms in total. The Labute approximate surface area is 81.0 Å². The molecule has 1 spiro atoms. The standard InChI is InChI=1S/C11H21NO/c1-13-10-2-4-11(5-3-10)6-8-12-9-7-11/h10,12H,2-9H2,1H3. The minimum absolute atomic E-state index is 0.556. The molecule has 0 unspecified atom stereocenters. The maximum absolute atomic E-state index is 5.41. The zero-order valence-corrected chi connectivity index (χ0v) is 8.64. The minimum atomic E-state index is 0.556. The lowest BCUT2D eigenvalue weighted by atomic mass is 9.68. The molecule has 2 fully saturated rings. The molecule has 1 saturated heterocycles. The van der Waals surface area contributed by atoms with E-state index in [1.807, 2.05) is 7.11 Å². The van der Waals surface area contributed by atoms with E-state index in [-0.39, 0.29) is 0 Å². The van der Waals surface area contributed by atoms with Gasteiger partial charge in [0.05, 0.1) is 6.10 Å². The van der Waals surface area contributed by atoms with Gasteiger partial charge in [0.2, 0.25) is 0 Å². The Kier molecular flexibility index (Phi) is 2.89. The van der Waals surface area contributed by atoms with Crippen molar-refractivity contribution in [1.29, 1.82) is 0 Å². The minimum Gasteiger partial charge on any atom is -0.381 e. The van der Waals surface area contributed by atoms with E-state index in [1.54, 1.807) is 0 Å². The van der Waals surface area contributed by atoms with Crippen LogP contribution in [-0.4, -0.2) is 26.3 Å². The first kappa shape index (κ1) is 9.47. The second-order valence-electron chi connectivity index (χ2n) is 4.69. The Balaban J connectivity index is 1.87. The molecule has 1 N–H and O–H groups in total. The Bertz CT molecular complexity index is 153. The van der Waals surface area contributed by atoms with Crippen LogP contribution in [0.15, 0.2) is 0 Å². The Morgan fingerprint density at radius 1 is 1.08 bits per heavy atom. The molecule has 1 saturated carbocycles. The molecule has 0 amide bonds. The first-order valence-electron chi connectivity index (χ1n) is 5.58. The van der Waals surface area contributed by atoms with Crippen LogP contribution >= 0.6 is 0 Å². The van der Waals surface area contributed by atoms with E-state index < -0.39 is 0 Å². The molecular weight excluding hydrogens is 162 g/mol. The third kappa shape index (κ3) is 2.05. The van der Waals surface area contributed by atoms with E-state index in [4.69, 9.17) is 4.74 Å². The molecule has 13 heavy (non-hydrogen) atoms. The van der Waals surface area contributed by atoms with Gasteiger partial charge in [0, 0.05) is 7.11 Å². The monoisotopic (exact) mass is 183 g/mol. The summed E-state index contributed by atoms with van der Waals surface area (Å²) in [5.74, 6) is 0. The van der Waals surface area contributed by atoms with Gasteiger partial charge in [-0.1, -0.05) is 0 Å². The fourth-order valence-electron chi connectivity index (χ4n) is 2.90. The molecule has 1 aliphatic carbocycles. The van der Waals surface area contributed by atoms with Crippen LogP contribution in [0.25, 0.3) is 0 Å². The fourth-order valence-corrected chi connectivity index (χ4v) is 2.90. The highest BCUT2D eigenvalue weighted by Gasteiger charge is 2.35. The molecule has 0 bridgehead atoms. The van der Waals surface area contributed by atoms with Crippen LogP contribution in [0.1, 0.15) is 38.5 Å². The topological polar surface area (TPSA) is 21.3 Å². The van der Waals surface area contributed by atoms with Gasteiger partial charge in [-0.25, -0.2) is 0 Å². The second kappa shape index (κ2) is 3.97. The van der Waals surface area contributed by atoms with Gasteiger partial charge in [-0.2, -0.15) is 0 Å². The molecule has 2 heteroatoms. The summed E-state index contributed by atoms with van der Waals surface area (Å²) in [4.78, 5) is 0. The highest BCUT2D eigenvalue weighted by molar-refractivity contribution is 4.89. The Hall–Kier alpha value is -0.0800. The van der Waals surface area contributed by atoms with Gasteiger partial charge in [-0.15, -0.1) is 0 Å². The summed E-state index contributed by atoms with van der Waals surface area (Å²) in [6, 6.07) is 0. The van der Waals surface area contributed by atoms with Crippen molar-refractivity contribution in [3.05, 3.63) is 0 Å². The average Bonchev–Trinajstić information content (AvgIpc) is 2.20. The molecular formula is C11H21NO. The summed E-state index contributed by atoms with van der Waals surface area (Å²) < 4.78 is 5.41. The first-order valence-corrected chi connectivity index (χ1v) is 5.58. The normalized spacial score (nSPS) is 29.3. The summed E-state index contributed by atoms with van der Waals surface area (Å²) >= 11 is 0. The second-order valence-corrected chi connectivity index (χ2v) is 4.69. The van der Waals surface area contributed by atoms with Crippen LogP contribution in [0.2, 0.25) is 0 Å². The third-order valence-corrected chi connectivity index (χ3v) is 3.99. The van der Waals surface area contributed by atoms with Gasteiger partial charge < -0.3 is 10.1 Å². The van der Waals surface area contributed by atoms with Crippen LogP contribution in [0.3, 0.4) is 0 Å². The van der Waals surface area contributed by atoms with Crippen molar-refractivity contribution in [3.63, 3.8) is 0 Å². The molecule has 0 radical (unpaired) electrons. The van der Waals surface area contributed by atoms with Gasteiger partial charge >= 0.3 is 0 Å². The van der Waals surface area contributed by atoms with Gasteiger partial charge in [-0.05, 0) is 57.0 Å². The van der Waals surface area contributed by atoms with E-state index in [9.17, 15) is 0 Å². The summed E-state index contributed by atoms with van der Waals surface area (Å²) in [5, 5.41) is 3.45. The van der Waals surface area contributed by atoms with E-state index in [1.165, 1.54) is 51.6 Å². The van der Waals surface area contributed by atoms with Crippen LogP contribution in [0.4, 0.5) is 0 Å². The predicted molar refractivity (Wildman–Crippen MR) is 53.8 cm³/mol. The fraction of sp³-hybridized carbons (Fsp3) is 1.00. The number of rotatable bonds is 1. The highest BCUT2D eigenvalue weighted by atomic mass is 16.5. The molecule has 2 rings (SSSR count). The predicted octanol–water partition coefficient (Wildman–Crippen LogP) is 1.95. The lowest BCUT2D eigenvalue weighted by molar-refractivity contribution is 0.0145. The summed E-state index contributed by atoms with van der Waals surface area (Å²) in [7, 11) is 1.85. The van der Waals surface area contributed by atoms with Crippen molar-refractivity contribution in [2.24, 2.45) is 5.41 Å². The van der Waals surface area contributed by atoms with Crippen molar-refractivity contribution in [3.8, 4) is 0 Å². The zero-order valence-electron chi connectivity index (χ0n) is 8.64. The number of hydrogen-bond donors (Lipinski definition) is 1. The van der Waals surface area contributed by atoms with Crippen LogP contribution in [-0.2, 0) is 4.74 Å². The maximum Gasteiger partial charge on any atom is 0.0571 e. The van der Waals surface area contributed by atoms with Crippen molar-refractivity contribution >= 4 is 0 Å². The summed E-state index contributed by atoms with van der Waals surface area (Å²) in [6.45, 7) is 2.47. The van der Waals surface area contributed by atoms with Crippen LogP contribution in [0.5, 0.6) is 0 Å². The average molecular weight is 183 g/mol. The number of piperidine rings is 1. The molecule has 76 valence electrons. The SMILES string of the molecule is COC1CCC2(CCNCC2)CC1. The summed E-state index contributed by atoms with van der Waals surface area (Å²) in [6.07, 6.45) is 8.71. The van der Waals surface area contributed by atoms with Crippen LogP contribution in [0, 0.1) is 5.41 Å². The van der Waals surface area contributed by atoms with Gasteiger partial charge in [0.25, 0.3) is 0 Å². The highest BCUT2D eigenvalue weighted by Crippen LogP contribution is 2.43. The van der Waals surface area contributed by atoms with E-state index >= 15 is 0 Å². The van der Waals surface area contributed by atoms with E-state index in [0.29, 0.717) is 11.5 Å². The van der Waals surface area contributed by atoms with Gasteiger partial charge in [-0.3, -0.25) is 0 Å². The molecule has 0 atom stereocenters. The number of hydrogen-bond acceptors (Lipinski definition) is 2. The smallest absolute Gasteiger partial charge is 0.0571 e. The maximum atomic E-state index is 5.41. The van der Waals surface area contributed by atoms with E-state index in [0.717, 1.165) is 0 Å². The summed E-state index contributed by atoms with van der Waals surface area (Å²) in [5.41, 5.74) is 0.695. The number of nitrogens with one attached hydrogen (secondary N) is 1. The Morgan fingerprint density at radius 3 is 2.23 bits per heavy atom. The number of methoxy groups -OCH3 is 1. The van der Waals surface area contributed by atoms with Crippen molar-refractivity contribution < 1.29 is 4.74 Å². The lowest BCUT2D eigenvalue weighted by Gasteiger charge is -2.42. The quantitative estimate of drug-likeness (QED) is 0.671. The van der Waals surface area contributed by atoms with Crippen molar-refractivity contribution in [1.82, 2.24) is 5.32 Å². The Morgan fingerprint density at radius 2 is 1.69 bits per heavy atom. The first-order chi connectivity index (χ1) is 6.35. The molecule has 1 aliphatic heterocycles. The molecule has 0 aromatic carbocycles. The molecule has 0 aromatic heterocycles. The third-order valence-electron chi connectivity index (χ3n) is 3.99. The van der Waals surface area contributed by atoms with E-state index in [2.05, 4.69) is 5.32 Å². The lowest BCUT2D eigenvalue weighted by Crippen LogP contribution is -2.40. The number of ether oxygens (including phenoxy) is 1. The molecule has 2 aliphatic rings. The largest absolute Gasteiger partial charge is 0.381 e. The van der Waals surface area contributed by atoms with Crippen molar-refractivity contribution in [2.45, 2.75) is 44.6 Å². The van der Waals surface area contributed by atoms with Crippen molar-refractivity contribution in [2.75, 3.05) is 20.2 Å². The molecule has 1 heterocycles. The van der Waals surface area contributed by atoms with Gasteiger partial charge in [0.15, 0.2) is 0 Å². The zero-order chi connectivity index (χ0) is 9.15. The van der Waals surface area contributed by atoms with Gasteiger partial charge in [0.1, 0.15) is 0 Å². The van der Waals surface area contributed by atoms with Crippen LogP contribution < -0.4 is 5.32 Å².